The van der Waals surface area contributed by atoms with Crippen molar-refractivity contribution in [2.24, 2.45) is 5.73 Å². The Morgan fingerprint density at radius 3 is 3.13 bits per heavy atom. The Bertz CT molecular complexity index is 407. The lowest BCUT2D eigenvalue weighted by Crippen LogP contribution is -2.14. The molecule has 8 heteroatoms. The van der Waals surface area contributed by atoms with Crippen molar-refractivity contribution in [1.29, 1.82) is 0 Å². The monoisotopic (exact) mass is 210 g/mol. The number of hydrogen-bond acceptors (Lipinski definition) is 7. The third kappa shape index (κ3) is 1.85. The van der Waals surface area contributed by atoms with E-state index < -0.39 is 6.10 Å². The number of aromatic nitrogens is 5. The molecule has 0 aromatic carbocycles. The van der Waals surface area contributed by atoms with Gasteiger partial charge in [-0.1, -0.05) is 5.16 Å². The number of rotatable bonds is 4. The van der Waals surface area contributed by atoms with Gasteiger partial charge in [0.25, 0.3) is 5.89 Å². The highest BCUT2D eigenvalue weighted by molar-refractivity contribution is 5.39. The van der Waals surface area contributed by atoms with E-state index in [0.717, 1.165) is 0 Å². The number of nitrogens with two attached hydrogens (primary N) is 1. The summed E-state index contributed by atoms with van der Waals surface area (Å²) in [5, 5.41) is 10.0. The van der Waals surface area contributed by atoms with Crippen LogP contribution >= 0.6 is 0 Å². The van der Waals surface area contributed by atoms with E-state index in [2.05, 4.69) is 25.3 Å². The van der Waals surface area contributed by atoms with Crippen LogP contribution in [-0.4, -0.2) is 39.0 Å². The van der Waals surface area contributed by atoms with Crippen molar-refractivity contribution in [2.75, 3.05) is 13.7 Å². The molecule has 2 aromatic heterocycles. The molecule has 0 bridgehead atoms. The van der Waals surface area contributed by atoms with Crippen LogP contribution in [0, 0.1) is 0 Å². The van der Waals surface area contributed by atoms with Crippen LogP contribution in [0.3, 0.4) is 0 Å². The Morgan fingerprint density at radius 1 is 1.67 bits per heavy atom. The fraction of sp³-hybridized carbons (Fsp3) is 0.429. The van der Waals surface area contributed by atoms with E-state index in [1.165, 1.54) is 13.4 Å². The molecule has 1 unspecified atom stereocenters. The average Bonchev–Trinajstić information content (AvgIpc) is 2.89. The Balaban J connectivity index is 2.24. The molecule has 0 aliphatic heterocycles. The van der Waals surface area contributed by atoms with Crippen molar-refractivity contribution < 1.29 is 9.26 Å². The van der Waals surface area contributed by atoms with Gasteiger partial charge in [-0.2, -0.15) is 10.1 Å². The lowest BCUT2D eigenvalue weighted by Gasteiger charge is -2.05. The second-order valence-electron chi connectivity index (χ2n) is 2.75. The zero-order valence-electron chi connectivity index (χ0n) is 8.04. The topological polar surface area (TPSA) is 116 Å². The van der Waals surface area contributed by atoms with Crippen LogP contribution in [0.4, 0.5) is 0 Å². The van der Waals surface area contributed by atoms with Crippen LogP contribution in [0.5, 0.6) is 0 Å². The molecule has 15 heavy (non-hydrogen) atoms. The van der Waals surface area contributed by atoms with Crippen molar-refractivity contribution in [3.63, 3.8) is 0 Å². The summed E-state index contributed by atoms with van der Waals surface area (Å²) in [6, 6.07) is 0. The molecule has 8 nitrogen and oxygen atoms in total. The van der Waals surface area contributed by atoms with Gasteiger partial charge in [-0.25, -0.2) is 4.98 Å². The molecule has 80 valence electrons. The third-order valence-electron chi connectivity index (χ3n) is 1.84. The summed E-state index contributed by atoms with van der Waals surface area (Å²) in [6.07, 6.45) is 0.969. The molecular formula is C7H10N6O2. The van der Waals surface area contributed by atoms with Crippen molar-refractivity contribution >= 4 is 0 Å². The number of methoxy groups -OCH3 is 1. The molecule has 0 radical (unpaired) electrons. The first-order chi connectivity index (χ1) is 7.35. The fourth-order valence-corrected chi connectivity index (χ4v) is 1.07. The number of H-pyrrole nitrogens is 1. The van der Waals surface area contributed by atoms with Crippen LogP contribution in [0.15, 0.2) is 10.9 Å². The van der Waals surface area contributed by atoms with Crippen molar-refractivity contribution in [3.8, 4) is 11.6 Å². The van der Waals surface area contributed by atoms with Gasteiger partial charge in [0.05, 0.1) is 0 Å². The maximum atomic E-state index is 5.45. The molecular weight excluding hydrogens is 200 g/mol. The number of aromatic amines is 1. The maximum absolute atomic E-state index is 5.45. The summed E-state index contributed by atoms with van der Waals surface area (Å²) in [7, 11) is 1.52. The van der Waals surface area contributed by atoms with Crippen LogP contribution in [-0.2, 0) is 4.74 Å². The maximum Gasteiger partial charge on any atom is 0.257 e. The molecule has 2 rings (SSSR count). The van der Waals surface area contributed by atoms with Gasteiger partial charge in [0.2, 0.25) is 5.82 Å². The number of ether oxygens (including phenoxy) is 1. The van der Waals surface area contributed by atoms with E-state index >= 15 is 0 Å². The van der Waals surface area contributed by atoms with Crippen LogP contribution in [0.1, 0.15) is 12.0 Å². The highest BCUT2D eigenvalue weighted by Crippen LogP contribution is 2.16. The molecule has 0 amide bonds. The zero-order chi connectivity index (χ0) is 10.7. The van der Waals surface area contributed by atoms with Gasteiger partial charge < -0.3 is 15.0 Å². The van der Waals surface area contributed by atoms with Crippen molar-refractivity contribution in [1.82, 2.24) is 25.3 Å². The molecule has 0 saturated carbocycles. The molecule has 0 aliphatic carbocycles. The van der Waals surface area contributed by atoms with Gasteiger partial charge in [-0.15, -0.1) is 0 Å². The SMILES string of the molecule is COC(CN)c1nc(-c2ncn[nH]2)no1. The first kappa shape index (κ1) is 9.74. The zero-order valence-corrected chi connectivity index (χ0v) is 8.04. The molecule has 0 aliphatic rings. The molecule has 0 spiro atoms. The second-order valence-corrected chi connectivity index (χ2v) is 2.75. The predicted octanol–water partition coefficient (Wildman–Crippen LogP) is -0.499. The van der Waals surface area contributed by atoms with E-state index in [1.54, 1.807) is 0 Å². The number of nitrogens with zero attached hydrogens (tertiary/aromatic N) is 4. The van der Waals surface area contributed by atoms with Crippen molar-refractivity contribution in [2.45, 2.75) is 6.10 Å². The normalized spacial score (nSPS) is 12.9. The summed E-state index contributed by atoms with van der Waals surface area (Å²) in [4.78, 5) is 7.97. The number of nitrogens with one attached hydrogen (secondary N) is 1. The fourth-order valence-electron chi connectivity index (χ4n) is 1.07. The summed E-state index contributed by atoms with van der Waals surface area (Å²) < 4.78 is 10.0. The quantitative estimate of drug-likeness (QED) is 0.698. The van der Waals surface area contributed by atoms with Crippen molar-refractivity contribution in [3.05, 3.63) is 12.2 Å². The summed E-state index contributed by atoms with van der Waals surface area (Å²) in [5.41, 5.74) is 5.45. The Labute approximate surface area is 84.8 Å². The Hall–Kier alpha value is -1.80. The summed E-state index contributed by atoms with van der Waals surface area (Å²) >= 11 is 0. The van der Waals surface area contributed by atoms with Crippen LogP contribution in [0.25, 0.3) is 11.6 Å². The van der Waals surface area contributed by atoms with Gasteiger partial charge in [-0.05, 0) is 0 Å². The second kappa shape index (κ2) is 4.15. The molecule has 3 N–H and O–H groups in total. The first-order valence-corrected chi connectivity index (χ1v) is 4.27. The van der Waals surface area contributed by atoms with E-state index in [9.17, 15) is 0 Å². The Morgan fingerprint density at radius 2 is 2.53 bits per heavy atom. The van der Waals surface area contributed by atoms with Gasteiger partial charge in [-0.3, -0.25) is 5.10 Å². The standard InChI is InChI=1S/C7H10N6O2/c1-14-4(2-8)7-11-6(13-15-7)5-9-3-10-12-5/h3-4H,2,8H2,1H3,(H,9,10,12). The van der Waals surface area contributed by atoms with Gasteiger partial charge in [0.1, 0.15) is 12.4 Å². The molecule has 0 fully saturated rings. The lowest BCUT2D eigenvalue weighted by molar-refractivity contribution is 0.0804. The first-order valence-electron chi connectivity index (χ1n) is 4.27. The smallest absolute Gasteiger partial charge is 0.257 e. The van der Waals surface area contributed by atoms with Crippen LogP contribution < -0.4 is 5.73 Å². The average molecular weight is 210 g/mol. The molecule has 2 heterocycles. The van der Waals surface area contributed by atoms with Gasteiger partial charge >= 0.3 is 0 Å². The summed E-state index contributed by atoms with van der Waals surface area (Å²) in [5.74, 6) is 1.10. The van der Waals surface area contributed by atoms with E-state index in [0.29, 0.717) is 17.5 Å². The largest absolute Gasteiger partial charge is 0.370 e. The lowest BCUT2D eigenvalue weighted by atomic mass is 10.3. The van der Waals surface area contributed by atoms with E-state index in [1.807, 2.05) is 0 Å². The Kier molecular flexibility index (Phi) is 2.70. The minimum atomic E-state index is -0.394. The minimum absolute atomic E-state index is 0.272. The van der Waals surface area contributed by atoms with E-state index in [-0.39, 0.29) is 6.54 Å². The minimum Gasteiger partial charge on any atom is -0.370 e. The van der Waals surface area contributed by atoms with E-state index in [4.69, 9.17) is 15.0 Å². The highest BCUT2D eigenvalue weighted by atomic mass is 16.5. The molecule has 2 aromatic rings. The highest BCUT2D eigenvalue weighted by Gasteiger charge is 2.18. The van der Waals surface area contributed by atoms with Gasteiger partial charge in [0, 0.05) is 13.7 Å². The van der Waals surface area contributed by atoms with Crippen LogP contribution in [0.2, 0.25) is 0 Å². The number of hydrogen-bond donors (Lipinski definition) is 2. The molecule has 1 atom stereocenters. The third-order valence-corrected chi connectivity index (χ3v) is 1.84. The summed E-state index contributed by atoms with van der Waals surface area (Å²) in [6.45, 7) is 0.272. The predicted molar refractivity (Wildman–Crippen MR) is 48.5 cm³/mol. The van der Waals surface area contributed by atoms with Gasteiger partial charge in [0.15, 0.2) is 5.82 Å². The molecule has 0 saturated heterocycles.